The second-order valence-corrected chi connectivity index (χ2v) is 4.82. The number of hydrogen-bond acceptors (Lipinski definition) is 2. The van der Waals surface area contributed by atoms with Crippen molar-refractivity contribution in [1.82, 2.24) is 4.90 Å². The van der Waals surface area contributed by atoms with Gasteiger partial charge in [0.25, 0.3) is 0 Å². The van der Waals surface area contributed by atoms with Gasteiger partial charge in [0.15, 0.2) is 0 Å². The molecule has 0 amide bonds. The van der Waals surface area contributed by atoms with Gasteiger partial charge in [-0.2, -0.15) is 13.2 Å². The van der Waals surface area contributed by atoms with Gasteiger partial charge in [-0.3, -0.25) is 4.90 Å². The molecule has 1 N–H and O–H groups in total. The third-order valence-corrected chi connectivity index (χ3v) is 3.07. The normalized spacial score (nSPS) is 13.9. The minimum absolute atomic E-state index is 0.0136. The first-order valence-electron chi connectivity index (χ1n) is 6.27. The zero-order chi connectivity index (χ0) is 14.6. The maximum Gasteiger partial charge on any atom is 0.401 e. The average Bonchev–Trinajstić information content (AvgIpc) is 2.29. The quantitative estimate of drug-likeness (QED) is 0.892. The molecule has 0 spiro atoms. The summed E-state index contributed by atoms with van der Waals surface area (Å²) in [7, 11) is 0. The summed E-state index contributed by atoms with van der Waals surface area (Å²) in [6, 6.07) is 5.61. The molecule has 0 bridgehead atoms. The van der Waals surface area contributed by atoms with Crippen molar-refractivity contribution >= 4 is 0 Å². The first kappa shape index (κ1) is 16.0. The van der Waals surface area contributed by atoms with Gasteiger partial charge in [-0.25, -0.2) is 0 Å². The molecule has 19 heavy (non-hydrogen) atoms. The lowest BCUT2D eigenvalue weighted by atomic mass is 10.0. The molecule has 0 aliphatic rings. The molecular formula is C14H20F3NO. The third-order valence-electron chi connectivity index (χ3n) is 3.07. The van der Waals surface area contributed by atoms with Gasteiger partial charge in [0.1, 0.15) is 0 Å². The fourth-order valence-corrected chi connectivity index (χ4v) is 2.02. The van der Waals surface area contributed by atoms with Crippen molar-refractivity contribution in [1.29, 1.82) is 0 Å². The predicted molar refractivity (Wildman–Crippen MR) is 69.0 cm³/mol. The third kappa shape index (κ3) is 5.20. The zero-order valence-electron chi connectivity index (χ0n) is 11.5. The van der Waals surface area contributed by atoms with Crippen LogP contribution in [0.15, 0.2) is 18.2 Å². The van der Waals surface area contributed by atoms with E-state index < -0.39 is 18.8 Å². The fourth-order valence-electron chi connectivity index (χ4n) is 2.02. The summed E-state index contributed by atoms with van der Waals surface area (Å²) >= 11 is 0. The van der Waals surface area contributed by atoms with Gasteiger partial charge in [-0.15, -0.1) is 0 Å². The summed E-state index contributed by atoms with van der Waals surface area (Å²) in [5.41, 5.74) is 2.57. The number of aryl methyl sites for hydroxylation is 2. The standard InChI is InChI=1S/C14H20F3NO/c1-4-18(9-14(15,16)17)8-13(19)12-7-10(2)5-6-11(12)3/h5-7,13,19H,4,8-9H2,1-3H3. The van der Waals surface area contributed by atoms with Crippen molar-refractivity contribution in [2.75, 3.05) is 19.6 Å². The molecule has 0 fully saturated rings. The number of rotatable bonds is 5. The summed E-state index contributed by atoms with van der Waals surface area (Å²) in [5, 5.41) is 10.1. The van der Waals surface area contributed by atoms with Crippen molar-refractivity contribution in [3.63, 3.8) is 0 Å². The summed E-state index contributed by atoms with van der Waals surface area (Å²) in [6.07, 6.45) is -5.14. The number of hydrogen-bond donors (Lipinski definition) is 1. The molecule has 2 nitrogen and oxygen atoms in total. The molecule has 0 radical (unpaired) electrons. The maximum atomic E-state index is 12.4. The van der Waals surface area contributed by atoms with Crippen molar-refractivity contribution < 1.29 is 18.3 Å². The predicted octanol–water partition coefficient (Wildman–Crippen LogP) is 3.22. The number of likely N-dealkylation sites (N-methyl/N-ethyl adjacent to an activating group) is 1. The van der Waals surface area contributed by atoms with E-state index in [9.17, 15) is 18.3 Å². The van der Waals surface area contributed by atoms with E-state index in [-0.39, 0.29) is 13.1 Å². The van der Waals surface area contributed by atoms with Crippen LogP contribution in [-0.4, -0.2) is 35.8 Å². The maximum absolute atomic E-state index is 12.4. The lowest BCUT2D eigenvalue weighted by molar-refractivity contribution is -0.148. The molecular weight excluding hydrogens is 255 g/mol. The van der Waals surface area contributed by atoms with Gasteiger partial charge >= 0.3 is 6.18 Å². The summed E-state index contributed by atoms with van der Waals surface area (Å²) in [4.78, 5) is 1.20. The van der Waals surface area contributed by atoms with Gasteiger partial charge in [-0.1, -0.05) is 30.7 Å². The molecule has 1 rings (SSSR count). The fraction of sp³-hybridized carbons (Fsp3) is 0.571. The smallest absolute Gasteiger partial charge is 0.387 e. The Morgan fingerprint density at radius 2 is 1.89 bits per heavy atom. The Bertz CT molecular complexity index is 418. The molecule has 0 saturated carbocycles. The Hall–Kier alpha value is -1.07. The van der Waals surface area contributed by atoms with Gasteiger partial charge in [0.2, 0.25) is 0 Å². The van der Waals surface area contributed by atoms with Crippen LogP contribution in [0.2, 0.25) is 0 Å². The minimum atomic E-state index is -4.24. The van der Waals surface area contributed by atoms with E-state index in [0.717, 1.165) is 11.1 Å². The van der Waals surface area contributed by atoms with Crippen LogP contribution in [0.4, 0.5) is 13.2 Å². The molecule has 1 aromatic rings. The van der Waals surface area contributed by atoms with Crippen LogP contribution < -0.4 is 0 Å². The van der Waals surface area contributed by atoms with Gasteiger partial charge in [-0.05, 0) is 31.5 Å². The van der Waals surface area contributed by atoms with Gasteiger partial charge < -0.3 is 5.11 Å². The average molecular weight is 275 g/mol. The van der Waals surface area contributed by atoms with Crippen molar-refractivity contribution in [3.8, 4) is 0 Å². The van der Waals surface area contributed by atoms with E-state index in [1.165, 1.54) is 4.90 Å². The molecule has 0 saturated heterocycles. The summed E-state index contributed by atoms with van der Waals surface area (Å²) in [5.74, 6) is 0. The van der Waals surface area contributed by atoms with E-state index in [4.69, 9.17) is 0 Å². The number of nitrogens with zero attached hydrogens (tertiary/aromatic N) is 1. The Kier molecular flexibility index (Phi) is 5.38. The van der Waals surface area contributed by atoms with Crippen LogP contribution in [0, 0.1) is 13.8 Å². The summed E-state index contributed by atoms with van der Waals surface area (Å²) in [6.45, 7) is 4.63. The Morgan fingerprint density at radius 3 is 2.42 bits per heavy atom. The lowest BCUT2D eigenvalue weighted by Gasteiger charge is -2.25. The first-order chi connectivity index (χ1) is 8.73. The van der Waals surface area contributed by atoms with Gasteiger partial charge in [0, 0.05) is 6.54 Å². The second-order valence-electron chi connectivity index (χ2n) is 4.82. The highest BCUT2D eigenvalue weighted by Gasteiger charge is 2.31. The van der Waals surface area contributed by atoms with Gasteiger partial charge in [0.05, 0.1) is 12.6 Å². The van der Waals surface area contributed by atoms with Crippen molar-refractivity contribution in [2.45, 2.75) is 33.1 Å². The monoisotopic (exact) mass is 275 g/mol. The summed E-state index contributed by atoms with van der Waals surface area (Å²) < 4.78 is 37.1. The molecule has 1 atom stereocenters. The van der Waals surface area contributed by atoms with Crippen LogP contribution in [0.1, 0.15) is 29.7 Å². The molecule has 0 aliphatic heterocycles. The SMILES string of the molecule is CCN(CC(O)c1cc(C)ccc1C)CC(F)(F)F. The molecule has 0 aromatic heterocycles. The topological polar surface area (TPSA) is 23.5 Å². The lowest BCUT2D eigenvalue weighted by Crippen LogP contribution is -2.37. The number of aliphatic hydroxyl groups excluding tert-OH is 1. The largest absolute Gasteiger partial charge is 0.401 e. The minimum Gasteiger partial charge on any atom is -0.387 e. The van der Waals surface area contributed by atoms with E-state index in [2.05, 4.69) is 0 Å². The van der Waals surface area contributed by atoms with Crippen molar-refractivity contribution in [2.24, 2.45) is 0 Å². The number of alkyl halides is 3. The first-order valence-corrected chi connectivity index (χ1v) is 6.27. The zero-order valence-corrected chi connectivity index (χ0v) is 11.5. The number of benzene rings is 1. The molecule has 5 heteroatoms. The molecule has 0 heterocycles. The highest BCUT2D eigenvalue weighted by atomic mass is 19.4. The highest BCUT2D eigenvalue weighted by Crippen LogP contribution is 2.22. The van der Waals surface area contributed by atoms with Crippen LogP contribution in [0.5, 0.6) is 0 Å². The number of halogens is 3. The van der Waals surface area contributed by atoms with E-state index >= 15 is 0 Å². The van der Waals surface area contributed by atoms with Crippen molar-refractivity contribution in [3.05, 3.63) is 34.9 Å². The van der Waals surface area contributed by atoms with Crippen LogP contribution in [0.3, 0.4) is 0 Å². The molecule has 1 unspecified atom stereocenters. The van der Waals surface area contributed by atoms with Crippen LogP contribution >= 0.6 is 0 Å². The second kappa shape index (κ2) is 6.39. The molecule has 108 valence electrons. The van der Waals surface area contributed by atoms with E-state index in [0.29, 0.717) is 5.56 Å². The van der Waals surface area contributed by atoms with Crippen LogP contribution in [0.25, 0.3) is 0 Å². The molecule has 1 aromatic carbocycles. The Labute approximate surface area is 111 Å². The number of aliphatic hydroxyl groups is 1. The van der Waals surface area contributed by atoms with E-state index in [1.807, 2.05) is 32.0 Å². The van der Waals surface area contributed by atoms with Crippen LogP contribution in [-0.2, 0) is 0 Å². The Morgan fingerprint density at radius 1 is 1.26 bits per heavy atom. The Balaban J connectivity index is 2.77. The molecule has 0 aliphatic carbocycles. The van der Waals surface area contributed by atoms with E-state index in [1.54, 1.807) is 6.92 Å². The highest BCUT2D eigenvalue weighted by molar-refractivity contribution is 5.32.